The molecule has 0 saturated heterocycles. The first kappa shape index (κ1) is 16.2. The number of H-pyrrole nitrogens is 1. The van der Waals surface area contributed by atoms with Gasteiger partial charge in [0.15, 0.2) is 5.78 Å². The Bertz CT molecular complexity index is 1080. The molecular weight excluding hydrogens is 346 g/mol. The molecule has 1 heterocycles. The molecule has 3 aromatic rings. The Labute approximate surface area is 146 Å². The Hall–Kier alpha value is -2.63. The van der Waals surface area contributed by atoms with Gasteiger partial charge in [-0.2, -0.15) is 0 Å². The normalized spacial score (nSPS) is 12.5. The highest BCUT2D eigenvalue weighted by molar-refractivity contribution is 7.07. The molecule has 3 rings (SSSR count). The lowest BCUT2D eigenvalue weighted by molar-refractivity contribution is 0.106. The van der Waals surface area contributed by atoms with Crippen LogP contribution in [0.1, 0.15) is 15.9 Å². The van der Waals surface area contributed by atoms with E-state index in [1.54, 1.807) is 54.6 Å². The number of hydrogen-bond acceptors (Lipinski definition) is 4. The second kappa shape index (κ2) is 6.86. The van der Waals surface area contributed by atoms with Crippen molar-refractivity contribution < 1.29 is 9.90 Å². The predicted molar refractivity (Wildman–Crippen MR) is 96.1 cm³/mol. The summed E-state index contributed by atoms with van der Waals surface area (Å²) in [5.74, 6) is -0.153. The van der Waals surface area contributed by atoms with Crippen LogP contribution in [0.3, 0.4) is 0 Å². The molecule has 0 saturated carbocycles. The Morgan fingerprint density at radius 3 is 2.71 bits per heavy atom. The van der Waals surface area contributed by atoms with E-state index in [1.807, 2.05) is 0 Å². The minimum Gasteiger partial charge on any atom is -0.508 e. The summed E-state index contributed by atoms with van der Waals surface area (Å²) in [7, 11) is 0. The number of thiazole rings is 1. The van der Waals surface area contributed by atoms with Crippen LogP contribution in [0, 0.1) is 0 Å². The summed E-state index contributed by atoms with van der Waals surface area (Å²) < 4.78 is 0.884. The minimum absolute atomic E-state index is 0.123. The van der Waals surface area contributed by atoms with Gasteiger partial charge in [0, 0.05) is 11.6 Å². The van der Waals surface area contributed by atoms with Crippen LogP contribution in [-0.2, 0) is 0 Å². The smallest absolute Gasteiger partial charge is 0.266 e. The highest BCUT2D eigenvalue weighted by Gasteiger charge is 2.07. The SMILES string of the molecule is O=C(/C=c1/[nH]c(=O)/c(=C/c2cccc(O)c2)s1)c1ccccc1Cl. The van der Waals surface area contributed by atoms with Crippen LogP contribution in [0.5, 0.6) is 5.75 Å². The number of ketones is 1. The van der Waals surface area contributed by atoms with Crippen molar-refractivity contribution in [2.45, 2.75) is 0 Å². The largest absolute Gasteiger partial charge is 0.508 e. The highest BCUT2D eigenvalue weighted by atomic mass is 35.5. The molecule has 2 N–H and O–H groups in total. The number of carbonyl (C=O) groups excluding carboxylic acids is 1. The molecule has 2 aromatic carbocycles. The fourth-order valence-electron chi connectivity index (χ4n) is 2.15. The average Bonchev–Trinajstić information content (AvgIpc) is 2.87. The van der Waals surface area contributed by atoms with Crippen LogP contribution in [0.25, 0.3) is 12.2 Å². The van der Waals surface area contributed by atoms with Crippen molar-refractivity contribution in [2.75, 3.05) is 0 Å². The molecule has 0 aliphatic heterocycles. The summed E-state index contributed by atoms with van der Waals surface area (Å²) in [6.07, 6.45) is 3.01. The molecule has 0 aliphatic carbocycles. The van der Waals surface area contributed by atoms with Crippen LogP contribution in [0.15, 0.2) is 53.3 Å². The Balaban J connectivity index is 2.02. The number of aromatic nitrogens is 1. The zero-order chi connectivity index (χ0) is 17.1. The highest BCUT2D eigenvalue weighted by Crippen LogP contribution is 2.15. The molecule has 4 nitrogen and oxygen atoms in total. The summed E-state index contributed by atoms with van der Waals surface area (Å²) in [4.78, 5) is 26.9. The van der Waals surface area contributed by atoms with Gasteiger partial charge in [-0.3, -0.25) is 9.59 Å². The summed E-state index contributed by atoms with van der Waals surface area (Å²) in [5.41, 5.74) is 0.791. The molecule has 6 heteroatoms. The van der Waals surface area contributed by atoms with Crippen LogP contribution >= 0.6 is 22.9 Å². The summed E-state index contributed by atoms with van der Waals surface area (Å²) in [6.45, 7) is 0. The number of aromatic amines is 1. The first-order valence-corrected chi connectivity index (χ1v) is 8.23. The van der Waals surface area contributed by atoms with Gasteiger partial charge in [-0.25, -0.2) is 0 Å². The van der Waals surface area contributed by atoms with Gasteiger partial charge in [0.1, 0.15) is 5.75 Å². The van der Waals surface area contributed by atoms with E-state index < -0.39 is 0 Å². The minimum atomic E-state index is -0.290. The number of halogens is 1. The van der Waals surface area contributed by atoms with Crippen molar-refractivity contribution in [1.29, 1.82) is 0 Å². The van der Waals surface area contributed by atoms with Crippen molar-refractivity contribution >= 4 is 40.9 Å². The van der Waals surface area contributed by atoms with E-state index in [9.17, 15) is 14.7 Å². The van der Waals surface area contributed by atoms with E-state index in [-0.39, 0.29) is 17.1 Å². The average molecular weight is 358 g/mol. The third-order valence-electron chi connectivity index (χ3n) is 3.25. The molecule has 0 bridgehead atoms. The number of phenolic OH excluding ortho intramolecular Hbond substituents is 1. The maximum absolute atomic E-state index is 12.3. The molecule has 0 fully saturated rings. The van der Waals surface area contributed by atoms with E-state index >= 15 is 0 Å². The predicted octanol–water partition coefficient (Wildman–Crippen LogP) is 2.29. The van der Waals surface area contributed by atoms with E-state index in [0.717, 1.165) is 11.3 Å². The Kier molecular flexibility index (Phi) is 4.64. The Morgan fingerprint density at radius 2 is 1.96 bits per heavy atom. The van der Waals surface area contributed by atoms with E-state index in [1.165, 1.54) is 6.08 Å². The van der Waals surface area contributed by atoms with Gasteiger partial charge in [-0.05, 0) is 35.9 Å². The third-order valence-corrected chi connectivity index (χ3v) is 4.54. The van der Waals surface area contributed by atoms with Gasteiger partial charge >= 0.3 is 0 Å². The van der Waals surface area contributed by atoms with Crippen molar-refractivity contribution in [3.05, 3.63) is 84.2 Å². The number of carbonyl (C=O) groups is 1. The molecule has 0 unspecified atom stereocenters. The monoisotopic (exact) mass is 357 g/mol. The van der Waals surface area contributed by atoms with Gasteiger partial charge in [0.2, 0.25) is 0 Å². The number of rotatable bonds is 3. The number of Topliss-reactive ketones (excluding diaryl/α,β-unsaturated/α-hetero) is 1. The van der Waals surface area contributed by atoms with Crippen molar-refractivity contribution in [2.24, 2.45) is 0 Å². The van der Waals surface area contributed by atoms with Gasteiger partial charge in [0.05, 0.1) is 14.2 Å². The topological polar surface area (TPSA) is 70.2 Å². The lowest BCUT2D eigenvalue weighted by Gasteiger charge is -1.97. The van der Waals surface area contributed by atoms with Crippen molar-refractivity contribution in [3.63, 3.8) is 0 Å². The zero-order valence-corrected chi connectivity index (χ0v) is 13.9. The van der Waals surface area contributed by atoms with Crippen LogP contribution in [0.2, 0.25) is 5.02 Å². The molecule has 0 atom stereocenters. The van der Waals surface area contributed by atoms with E-state index in [0.29, 0.717) is 25.3 Å². The summed E-state index contributed by atoms with van der Waals surface area (Å²) >= 11 is 7.17. The lowest BCUT2D eigenvalue weighted by Crippen LogP contribution is -2.20. The molecule has 0 radical (unpaired) electrons. The summed E-state index contributed by atoms with van der Waals surface area (Å²) in [5, 5.41) is 9.84. The zero-order valence-electron chi connectivity index (χ0n) is 12.3. The van der Waals surface area contributed by atoms with Crippen LogP contribution in [0.4, 0.5) is 0 Å². The molecule has 0 spiro atoms. The van der Waals surface area contributed by atoms with Gasteiger partial charge < -0.3 is 10.1 Å². The molecule has 0 aliphatic rings. The summed E-state index contributed by atoms with van der Waals surface area (Å²) in [6, 6.07) is 13.3. The standard InChI is InChI=1S/C18H12ClNO3S/c19-14-7-2-1-6-13(14)15(22)10-17-20-18(23)16(24-17)9-11-4-3-5-12(21)8-11/h1-10,21H,(H,20,23)/b16-9-,17-10-. The maximum atomic E-state index is 12.3. The third kappa shape index (κ3) is 3.64. The molecule has 120 valence electrons. The van der Waals surface area contributed by atoms with Crippen molar-refractivity contribution in [3.8, 4) is 5.75 Å². The molecular formula is C18H12ClNO3S. The number of phenols is 1. The van der Waals surface area contributed by atoms with Crippen LogP contribution < -0.4 is 14.8 Å². The van der Waals surface area contributed by atoms with E-state index in [4.69, 9.17) is 11.6 Å². The van der Waals surface area contributed by atoms with E-state index in [2.05, 4.69) is 4.98 Å². The lowest BCUT2D eigenvalue weighted by atomic mass is 10.1. The maximum Gasteiger partial charge on any atom is 0.266 e. The molecule has 1 aromatic heterocycles. The fraction of sp³-hybridized carbons (Fsp3) is 0. The number of benzene rings is 2. The first-order chi connectivity index (χ1) is 11.5. The quantitative estimate of drug-likeness (QED) is 0.706. The van der Waals surface area contributed by atoms with Gasteiger partial charge in [-0.1, -0.05) is 35.9 Å². The molecule has 24 heavy (non-hydrogen) atoms. The van der Waals surface area contributed by atoms with Gasteiger partial charge in [-0.15, -0.1) is 11.3 Å². The number of hydrogen-bond donors (Lipinski definition) is 2. The number of aromatic hydroxyl groups is 1. The second-order valence-electron chi connectivity index (χ2n) is 5.01. The molecule has 0 amide bonds. The second-order valence-corrected chi connectivity index (χ2v) is 6.50. The fourth-order valence-corrected chi connectivity index (χ4v) is 3.26. The first-order valence-electron chi connectivity index (χ1n) is 7.03. The van der Waals surface area contributed by atoms with Crippen molar-refractivity contribution in [1.82, 2.24) is 4.98 Å². The Morgan fingerprint density at radius 1 is 1.17 bits per heavy atom. The van der Waals surface area contributed by atoms with Crippen LogP contribution in [-0.4, -0.2) is 15.9 Å². The van der Waals surface area contributed by atoms with Gasteiger partial charge in [0.25, 0.3) is 5.56 Å². The number of nitrogens with one attached hydrogen (secondary N) is 1.